The Morgan fingerprint density at radius 3 is 2.95 bits per heavy atom. The van der Waals surface area contributed by atoms with Crippen LogP contribution in [-0.4, -0.2) is 13.1 Å². The van der Waals surface area contributed by atoms with E-state index in [1.807, 2.05) is 6.07 Å². The van der Waals surface area contributed by atoms with Gasteiger partial charge in [0, 0.05) is 4.47 Å². The molecule has 102 valence electrons. The van der Waals surface area contributed by atoms with E-state index in [2.05, 4.69) is 32.1 Å². The van der Waals surface area contributed by atoms with Crippen LogP contribution in [0.4, 0.5) is 5.69 Å². The van der Waals surface area contributed by atoms with Gasteiger partial charge in [-0.1, -0.05) is 15.9 Å². The SMILES string of the molecule is COC(=O)c1ccc(CNc2ccc(Br)cc2C#N)o1. The van der Waals surface area contributed by atoms with Gasteiger partial charge in [0.2, 0.25) is 5.76 Å². The van der Waals surface area contributed by atoms with Gasteiger partial charge >= 0.3 is 5.97 Å². The molecule has 1 N–H and O–H groups in total. The van der Waals surface area contributed by atoms with Gasteiger partial charge in [0.1, 0.15) is 11.8 Å². The molecule has 0 aliphatic rings. The van der Waals surface area contributed by atoms with Crippen molar-refractivity contribution >= 4 is 27.6 Å². The lowest BCUT2D eigenvalue weighted by atomic mass is 10.2. The summed E-state index contributed by atoms with van der Waals surface area (Å²) in [7, 11) is 1.30. The molecule has 0 aliphatic carbocycles. The van der Waals surface area contributed by atoms with E-state index in [1.54, 1.807) is 24.3 Å². The maximum absolute atomic E-state index is 11.3. The highest BCUT2D eigenvalue weighted by molar-refractivity contribution is 9.10. The van der Waals surface area contributed by atoms with E-state index in [-0.39, 0.29) is 5.76 Å². The third kappa shape index (κ3) is 3.19. The highest BCUT2D eigenvalue weighted by atomic mass is 79.9. The summed E-state index contributed by atoms with van der Waals surface area (Å²) in [5.74, 6) is 0.218. The molecule has 6 heteroatoms. The minimum Gasteiger partial charge on any atom is -0.463 e. The lowest BCUT2D eigenvalue weighted by molar-refractivity contribution is 0.0563. The van der Waals surface area contributed by atoms with Crippen molar-refractivity contribution in [3.8, 4) is 6.07 Å². The number of hydrogen-bond acceptors (Lipinski definition) is 5. The molecule has 0 bridgehead atoms. The van der Waals surface area contributed by atoms with Crippen LogP contribution >= 0.6 is 15.9 Å². The van der Waals surface area contributed by atoms with Crippen LogP contribution in [0.1, 0.15) is 21.9 Å². The number of carbonyl (C=O) groups is 1. The zero-order chi connectivity index (χ0) is 14.5. The van der Waals surface area contributed by atoms with Crippen LogP contribution in [0.5, 0.6) is 0 Å². The number of ether oxygens (including phenoxy) is 1. The molecule has 0 aliphatic heterocycles. The van der Waals surface area contributed by atoms with Gasteiger partial charge in [0.25, 0.3) is 0 Å². The Hall–Kier alpha value is -2.26. The highest BCUT2D eigenvalue weighted by Crippen LogP contribution is 2.21. The molecule has 0 saturated heterocycles. The predicted molar refractivity (Wildman–Crippen MR) is 76.2 cm³/mol. The van der Waals surface area contributed by atoms with Gasteiger partial charge in [0.05, 0.1) is 24.9 Å². The molecule has 20 heavy (non-hydrogen) atoms. The monoisotopic (exact) mass is 334 g/mol. The number of benzene rings is 1. The largest absolute Gasteiger partial charge is 0.463 e. The smallest absolute Gasteiger partial charge is 0.373 e. The summed E-state index contributed by atoms with van der Waals surface area (Å²) in [5.41, 5.74) is 1.23. The van der Waals surface area contributed by atoms with E-state index in [1.165, 1.54) is 7.11 Å². The minimum atomic E-state index is -0.516. The first-order chi connectivity index (χ1) is 9.63. The first-order valence-corrected chi connectivity index (χ1v) is 6.54. The van der Waals surface area contributed by atoms with Crippen LogP contribution in [0.2, 0.25) is 0 Å². The number of halogens is 1. The van der Waals surface area contributed by atoms with Gasteiger partial charge in [-0.15, -0.1) is 0 Å². The topological polar surface area (TPSA) is 75.3 Å². The number of nitriles is 1. The summed E-state index contributed by atoms with van der Waals surface area (Å²) < 4.78 is 10.7. The second-order valence-corrected chi connectivity index (χ2v) is 4.83. The number of carbonyl (C=O) groups excluding carboxylic acids is 1. The molecular weight excluding hydrogens is 324 g/mol. The molecule has 2 rings (SSSR count). The number of anilines is 1. The van der Waals surface area contributed by atoms with E-state index in [4.69, 9.17) is 9.68 Å². The van der Waals surface area contributed by atoms with Crippen molar-refractivity contribution in [3.63, 3.8) is 0 Å². The zero-order valence-corrected chi connectivity index (χ0v) is 12.2. The lowest BCUT2D eigenvalue weighted by Crippen LogP contribution is -2.01. The first-order valence-electron chi connectivity index (χ1n) is 5.74. The van der Waals surface area contributed by atoms with E-state index in [0.717, 1.165) is 4.47 Å². The van der Waals surface area contributed by atoms with Crippen molar-refractivity contribution in [2.24, 2.45) is 0 Å². The van der Waals surface area contributed by atoms with Gasteiger partial charge in [-0.05, 0) is 30.3 Å². The molecule has 0 radical (unpaired) electrons. The molecule has 0 atom stereocenters. The Labute approximate surface area is 124 Å². The summed E-state index contributed by atoms with van der Waals surface area (Å²) in [5, 5.41) is 12.1. The Morgan fingerprint density at radius 1 is 1.45 bits per heavy atom. The third-order valence-corrected chi connectivity index (χ3v) is 3.10. The molecule has 2 aromatic rings. The van der Waals surface area contributed by atoms with Crippen molar-refractivity contribution in [3.05, 3.63) is 51.9 Å². The van der Waals surface area contributed by atoms with Gasteiger partial charge in [-0.3, -0.25) is 0 Å². The Morgan fingerprint density at radius 2 is 2.25 bits per heavy atom. The molecular formula is C14H11BrN2O3. The van der Waals surface area contributed by atoms with Crippen LogP contribution in [0, 0.1) is 11.3 Å². The minimum absolute atomic E-state index is 0.153. The molecule has 0 amide bonds. The normalized spacial score (nSPS) is 9.85. The van der Waals surface area contributed by atoms with E-state index < -0.39 is 5.97 Å². The average Bonchev–Trinajstić information content (AvgIpc) is 2.93. The summed E-state index contributed by atoms with van der Waals surface area (Å²) in [6.07, 6.45) is 0. The highest BCUT2D eigenvalue weighted by Gasteiger charge is 2.11. The van der Waals surface area contributed by atoms with Crippen molar-refractivity contribution in [2.45, 2.75) is 6.54 Å². The molecule has 0 fully saturated rings. The maximum atomic E-state index is 11.3. The fraction of sp³-hybridized carbons (Fsp3) is 0.143. The van der Waals surface area contributed by atoms with Crippen LogP contribution in [0.15, 0.2) is 39.2 Å². The molecule has 0 unspecified atom stereocenters. The predicted octanol–water partition coefficient (Wildman–Crippen LogP) is 3.31. The van der Waals surface area contributed by atoms with Gasteiger partial charge < -0.3 is 14.5 Å². The summed E-state index contributed by atoms with van der Waals surface area (Å²) in [6, 6.07) is 10.7. The number of nitrogens with zero attached hydrogens (tertiary/aromatic N) is 1. The standard InChI is InChI=1S/C14H11BrN2O3/c1-19-14(18)13-5-3-11(20-13)8-17-12-4-2-10(15)6-9(12)7-16/h2-6,17H,8H2,1H3. The summed E-state index contributed by atoms with van der Waals surface area (Å²) in [6.45, 7) is 0.368. The number of furan rings is 1. The Kier molecular flexibility index (Phi) is 4.43. The van der Waals surface area contributed by atoms with Crippen molar-refractivity contribution < 1.29 is 13.9 Å². The fourth-order valence-corrected chi connectivity index (χ4v) is 1.99. The third-order valence-electron chi connectivity index (χ3n) is 2.60. The van der Waals surface area contributed by atoms with Crippen LogP contribution < -0.4 is 5.32 Å². The summed E-state index contributed by atoms with van der Waals surface area (Å²) >= 11 is 3.31. The van der Waals surface area contributed by atoms with Gasteiger partial charge in [-0.25, -0.2) is 4.79 Å². The quantitative estimate of drug-likeness (QED) is 0.868. The molecule has 1 heterocycles. The Balaban J connectivity index is 2.08. The van der Waals surface area contributed by atoms with Gasteiger partial charge in [-0.2, -0.15) is 5.26 Å². The van der Waals surface area contributed by atoms with Crippen molar-refractivity contribution in [2.75, 3.05) is 12.4 Å². The molecule has 1 aromatic carbocycles. The van der Waals surface area contributed by atoms with Crippen LogP contribution in [-0.2, 0) is 11.3 Å². The van der Waals surface area contributed by atoms with Crippen LogP contribution in [0.25, 0.3) is 0 Å². The van der Waals surface area contributed by atoms with Crippen molar-refractivity contribution in [1.82, 2.24) is 0 Å². The molecule has 0 spiro atoms. The molecule has 0 saturated carbocycles. The Bertz CT molecular complexity index is 673. The molecule has 5 nitrogen and oxygen atoms in total. The summed E-state index contributed by atoms with van der Waals surface area (Å²) in [4.78, 5) is 11.3. The number of esters is 1. The number of rotatable bonds is 4. The van der Waals surface area contributed by atoms with E-state index in [9.17, 15) is 4.79 Å². The number of hydrogen-bond donors (Lipinski definition) is 1. The lowest BCUT2D eigenvalue weighted by Gasteiger charge is -2.06. The zero-order valence-electron chi connectivity index (χ0n) is 10.6. The van der Waals surface area contributed by atoms with Gasteiger partial charge in [0.15, 0.2) is 0 Å². The molecule has 1 aromatic heterocycles. The second kappa shape index (κ2) is 6.26. The van der Waals surface area contributed by atoms with Crippen LogP contribution in [0.3, 0.4) is 0 Å². The van der Waals surface area contributed by atoms with Crippen molar-refractivity contribution in [1.29, 1.82) is 5.26 Å². The van der Waals surface area contributed by atoms with E-state index >= 15 is 0 Å². The maximum Gasteiger partial charge on any atom is 0.373 e. The number of nitrogens with one attached hydrogen (secondary N) is 1. The average molecular weight is 335 g/mol. The first kappa shape index (κ1) is 14.2. The van der Waals surface area contributed by atoms with E-state index in [0.29, 0.717) is 23.6 Å². The second-order valence-electron chi connectivity index (χ2n) is 3.91. The number of methoxy groups -OCH3 is 1. The fourth-order valence-electron chi connectivity index (χ4n) is 1.63.